The first-order valence-corrected chi connectivity index (χ1v) is 6.42. The molecule has 0 spiro atoms. The summed E-state index contributed by atoms with van der Waals surface area (Å²) in [5.74, 6) is 0.472. The van der Waals surface area contributed by atoms with Gasteiger partial charge in [-0.1, -0.05) is 25.5 Å². The molecule has 1 saturated carbocycles. The number of carbonyl (C=O) groups excluding carboxylic acids is 1. The Kier molecular flexibility index (Phi) is 3.75. The maximum atomic E-state index is 12.0. The van der Waals surface area contributed by atoms with Crippen LogP contribution in [0.15, 0.2) is 11.6 Å². The Balaban J connectivity index is 2.62. The fourth-order valence-electron chi connectivity index (χ4n) is 2.38. The van der Waals surface area contributed by atoms with Gasteiger partial charge in [-0.25, -0.2) is 0 Å². The van der Waals surface area contributed by atoms with Crippen LogP contribution in [-0.4, -0.2) is 11.6 Å². The fourth-order valence-corrected chi connectivity index (χ4v) is 2.38. The predicted molar refractivity (Wildman–Crippen MR) is 70.7 cm³/mol. The number of allylic oxidation sites excluding steroid dienone is 2. The van der Waals surface area contributed by atoms with E-state index in [1.54, 1.807) is 0 Å². The molecular formula is C15H26O2. The summed E-state index contributed by atoms with van der Waals surface area (Å²) in [6.45, 7) is 14.3. The number of hydrogen-bond donors (Lipinski definition) is 0. The first-order chi connectivity index (χ1) is 7.55. The molecule has 0 bridgehead atoms. The summed E-state index contributed by atoms with van der Waals surface area (Å²) in [7, 11) is 0. The van der Waals surface area contributed by atoms with E-state index in [0.717, 1.165) is 6.42 Å². The first-order valence-electron chi connectivity index (χ1n) is 6.42. The van der Waals surface area contributed by atoms with E-state index in [1.807, 2.05) is 20.8 Å². The van der Waals surface area contributed by atoms with Crippen molar-refractivity contribution in [3.8, 4) is 0 Å². The van der Waals surface area contributed by atoms with Gasteiger partial charge in [-0.05, 0) is 52.4 Å². The highest BCUT2D eigenvalue weighted by Crippen LogP contribution is 2.60. The summed E-state index contributed by atoms with van der Waals surface area (Å²) >= 11 is 0. The molecule has 98 valence electrons. The van der Waals surface area contributed by atoms with E-state index >= 15 is 0 Å². The van der Waals surface area contributed by atoms with Gasteiger partial charge in [0.1, 0.15) is 5.60 Å². The maximum absolute atomic E-state index is 12.0. The zero-order valence-corrected chi connectivity index (χ0v) is 12.3. The smallest absolute Gasteiger partial charge is 0.310 e. The van der Waals surface area contributed by atoms with Crippen LogP contribution < -0.4 is 0 Å². The normalized spacial score (nSPS) is 26.3. The highest BCUT2D eigenvalue weighted by atomic mass is 16.6. The predicted octanol–water partition coefficient (Wildman–Crippen LogP) is 3.96. The first kappa shape index (κ1) is 14.3. The van der Waals surface area contributed by atoms with Crippen LogP contribution in [0.2, 0.25) is 0 Å². The third-order valence-corrected chi connectivity index (χ3v) is 3.49. The molecule has 0 aromatic heterocycles. The standard InChI is InChI=1S/C15H26O2/c1-10(2)8-9-11-12(15(11,6)7)13(16)17-14(3,4)5/h8,11-12H,9H2,1-7H3. The summed E-state index contributed by atoms with van der Waals surface area (Å²) in [6, 6.07) is 0. The average molecular weight is 238 g/mol. The molecule has 0 amide bonds. The molecule has 0 aromatic rings. The second kappa shape index (κ2) is 4.47. The Labute approximate surface area is 105 Å². The van der Waals surface area contributed by atoms with E-state index in [9.17, 15) is 4.79 Å². The van der Waals surface area contributed by atoms with Gasteiger partial charge in [0, 0.05) is 0 Å². The molecule has 0 heterocycles. The Morgan fingerprint density at radius 1 is 1.29 bits per heavy atom. The Morgan fingerprint density at radius 2 is 1.82 bits per heavy atom. The molecule has 0 aliphatic heterocycles. The lowest BCUT2D eigenvalue weighted by molar-refractivity contribution is -0.157. The summed E-state index contributed by atoms with van der Waals surface area (Å²) in [5, 5.41) is 0. The summed E-state index contributed by atoms with van der Waals surface area (Å²) in [6.07, 6.45) is 3.20. The Hall–Kier alpha value is -0.790. The second-order valence-corrected chi connectivity index (χ2v) is 6.96. The highest BCUT2D eigenvalue weighted by molar-refractivity contribution is 5.78. The van der Waals surface area contributed by atoms with Crippen LogP contribution in [0.1, 0.15) is 54.9 Å². The molecule has 1 rings (SSSR count). The monoisotopic (exact) mass is 238 g/mol. The van der Waals surface area contributed by atoms with Crippen LogP contribution in [0.25, 0.3) is 0 Å². The van der Waals surface area contributed by atoms with Crippen molar-refractivity contribution in [3.05, 3.63) is 11.6 Å². The fraction of sp³-hybridized carbons (Fsp3) is 0.800. The maximum Gasteiger partial charge on any atom is 0.310 e. The van der Waals surface area contributed by atoms with Gasteiger partial charge >= 0.3 is 5.97 Å². The van der Waals surface area contributed by atoms with Crippen molar-refractivity contribution in [1.82, 2.24) is 0 Å². The lowest BCUT2D eigenvalue weighted by atomic mass is 10.1. The summed E-state index contributed by atoms with van der Waals surface area (Å²) in [5.41, 5.74) is 1.03. The third kappa shape index (κ3) is 3.58. The van der Waals surface area contributed by atoms with Gasteiger partial charge in [0.25, 0.3) is 0 Å². The second-order valence-electron chi connectivity index (χ2n) is 6.96. The Morgan fingerprint density at radius 3 is 2.24 bits per heavy atom. The van der Waals surface area contributed by atoms with Gasteiger partial charge in [0.15, 0.2) is 0 Å². The van der Waals surface area contributed by atoms with Gasteiger partial charge < -0.3 is 4.74 Å². The van der Waals surface area contributed by atoms with Crippen molar-refractivity contribution in [1.29, 1.82) is 0 Å². The molecule has 2 unspecified atom stereocenters. The van der Waals surface area contributed by atoms with E-state index in [0.29, 0.717) is 5.92 Å². The minimum absolute atomic E-state index is 0.0327. The van der Waals surface area contributed by atoms with Crippen LogP contribution >= 0.6 is 0 Å². The molecule has 0 N–H and O–H groups in total. The van der Waals surface area contributed by atoms with Gasteiger partial charge in [-0.2, -0.15) is 0 Å². The van der Waals surface area contributed by atoms with E-state index < -0.39 is 0 Å². The number of ether oxygens (including phenoxy) is 1. The van der Waals surface area contributed by atoms with E-state index in [1.165, 1.54) is 5.57 Å². The van der Waals surface area contributed by atoms with E-state index in [2.05, 4.69) is 33.8 Å². The van der Waals surface area contributed by atoms with Crippen LogP contribution in [0.5, 0.6) is 0 Å². The molecule has 2 heteroatoms. The van der Waals surface area contributed by atoms with Gasteiger partial charge in [-0.3, -0.25) is 4.79 Å². The quantitative estimate of drug-likeness (QED) is 0.549. The molecule has 0 radical (unpaired) electrons. The van der Waals surface area contributed by atoms with Crippen LogP contribution in [0, 0.1) is 17.3 Å². The molecule has 1 aliphatic carbocycles. The zero-order valence-electron chi connectivity index (χ0n) is 12.3. The summed E-state index contributed by atoms with van der Waals surface area (Å²) < 4.78 is 5.47. The summed E-state index contributed by atoms with van der Waals surface area (Å²) in [4.78, 5) is 12.0. The van der Waals surface area contributed by atoms with Crippen LogP contribution in [0.4, 0.5) is 0 Å². The Bertz CT molecular complexity index is 327. The molecule has 2 atom stereocenters. The van der Waals surface area contributed by atoms with E-state index in [4.69, 9.17) is 4.74 Å². The zero-order chi connectivity index (χ0) is 13.4. The van der Waals surface area contributed by atoms with Crippen molar-refractivity contribution in [2.45, 2.75) is 60.5 Å². The topological polar surface area (TPSA) is 26.3 Å². The SMILES string of the molecule is CC(C)=CCC1C(C(=O)OC(C)(C)C)C1(C)C. The van der Waals surface area contributed by atoms with Crippen molar-refractivity contribution in [2.75, 3.05) is 0 Å². The number of carbonyl (C=O) groups is 1. The van der Waals surface area contributed by atoms with Crippen molar-refractivity contribution in [3.63, 3.8) is 0 Å². The molecule has 17 heavy (non-hydrogen) atoms. The molecule has 1 aliphatic rings. The highest BCUT2D eigenvalue weighted by Gasteiger charge is 2.62. The van der Waals surface area contributed by atoms with Gasteiger partial charge in [0.2, 0.25) is 0 Å². The average Bonchev–Trinajstić information content (AvgIpc) is 2.61. The molecule has 1 fully saturated rings. The van der Waals surface area contributed by atoms with Gasteiger partial charge in [-0.15, -0.1) is 0 Å². The largest absolute Gasteiger partial charge is 0.460 e. The molecule has 0 saturated heterocycles. The van der Waals surface area contributed by atoms with Crippen molar-refractivity contribution < 1.29 is 9.53 Å². The lowest BCUT2D eigenvalue weighted by Crippen LogP contribution is -2.26. The third-order valence-electron chi connectivity index (χ3n) is 3.49. The number of esters is 1. The van der Waals surface area contributed by atoms with Crippen LogP contribution in [-0.2, 0) is 9.53 Å². The molecule has 0 aromatic carbocycles. The minimum Gasteiger partial charge on any atom is -0.460 e. The number of hydrogen-bond acceptors (Lipinski definition) is 2. The van der Waals surface area contributed by atoms with Gasteiger partial charge in [0.05, 0.1) is 5.92 Å². The molecular weight excluding hydrogens is 212 g/mol. The van der Waals surface area contributed by atoms with Crippen molar-refractivity contribution >= 4 is 5.97 Å². The number of rotatable bonds is 3. The van der Waals surface area contributed by atoms with E-state index in [-0.39, 0.29) is 22.9 Å². The van der Waals surface area contributed by atoms with Crippen molar-refractivity contribution in [2.24, 2.45) is 17.3 Å². The minimum atomic E-state index is -0.378. The van der Waals surface area contributed by atoms with Crippen LogP contribution in [0.3, 0.4) is 0 Å². The lowest BCUT2D eigenvalue weighted by Gasteiger charge is -2.20. The molecule has 2 nitrogen and oxygen atoms in total.